The summed E-state index contributed by atoms with van der Waals surface area (Å²) in [5.41, 5.74) is 11.1. The Morgan fingerprint density at radius 3 is 2.73 bits per heavy atom. The maximum atomic E-state index is 12.3. The van der Waals surface area contributed by atoms with Crippen LogP contribution < -0.4 is 17.2 Å². The molecule has 1 aliphatic rings. The fraction of sp³-hybridized carbons (Fsp3) is 0.667. The molecule has 0 radical (unpaired) electrons. The van der Waals surface area contributed by atoms with Crippen LogP contribution in [-0.2, 0) is 14.2 Å². The summed E-state index contributed by atoms with van der Waals surface area (Å²) in [7, 11) is 0. The third kappa shape index (κ3) is 5.29. The molecule has 0 aromatic carbocycles. The summed E-state index contributed by atoms with van der Waals surface area (Å²) >= 11 is 0. The van der Waals surface area contributed by atoms with Crippen LogP contribution >= 0.6 is 0 Å². The van der Waals surface area contributed by atoms with Crippen molar-refractivity contribution in [2.75, 3.05) is 18.9 Å². The van der Waals surface area contributed by atoms with Crippen LogP contribution in [0.5, 0.6) is 0 Å². The molecule has 1 aliphatic heterocycles. The largest absolute Gasteiger partial charge is 0.382 e. The number of anilines is 1. The number of nitrogens with zero attached hydrogens (tertiary/aromatic N) is 2. The minimum absolute atomic E-state index is 0.0381. The Bertz CT molecular complexity index is 720. The van der Waals surface area contributed by atoms with Gasteiger partial charge in [-0.1, -0.05) is 11.8 Å². The molecule has 0 bridgehead atoms. The van der Waals surface area contributed by atoms with Crippen LogP contribution in [0.2, 0.25) is 0 Å². The van der Waals surface area contributed by atoms with E-state index in [4.69, 9.17) is 25.7 Å². The standard InChI is InChI=1S/C18H28N4O4/c1-11(2)24-10-15-14(25-12(3)4)8-16(26-15)22-9-13(6-5-7-19)17(20)21-18(22)23/h9,11-12,14-16H,7-8,10,19H2,1-4H3,(H2,20,21,23). The van der Waals surface area contributed by atoms with Crippen molar-refractivity contribution >= 4 is 5.82 Å². The van der Waals surface area contributed by atoms with Crippen LogP contribution in [0.4, 0.5) is 5.82 Å². The van der Waals surface area contributed by atoms with Crippen LogP contribution in [0.1, 0.15) is 45.9 Å². The summed E-state index contributed by atoms with van der Waals surface area (Å²) in [6.45, 7) is 8.43. The molecule has 2 heterocycles. The predicted molar refractivity (Wildman–Crippen MR) is 98.5 cm³/mol. The molecule has 3 atom stereocenters. The minimum Gasteiger partial charge on any atom is -0.382 e. The topological polar surface area (TPSA) is 115 Å². The summed E-state index contributed by atoms with van der Waals surface area (Å²) in [6, 6.07) is 0. The molecule has 0 aliphatic carbocycles. The molecule has 1 aromatic rings. The van der Waals surface area contributed by atoms with Crippen LogP contribution in [-0.4, -0.2) is 47.1 Å². The molecule has 4 N–H and O–H groups in total. The van der Waals surface area contributed by atoms with Gasteiger partial charge in [0.25, 0.3) is 0 Å². The van der Waals surface area contributed by atoms with Crippen LogP contribution in [0.15, 0.2) is 11.0 Å². The molecule has 1 fully saturated rings. The molecule has 0 amide bonds. The number of hydrogen-bond donors (Lipinski definition) is 2. The maximum Gasteiger partial charge on any atom is 0.351 e. The highest BCUT2D eigenvalue weighted by Gasteiger charge is 2.38. The van der Waals surface area contributed by atoms with Crippen molar-refractivity contribution in [2.45, 2.75) is 64.8 Å². The van der Waals surface area contributed by atoms with Gasteiger partial charge in [0.05, 0.1) is 37.0 Å². The average Bonchev–Trinajstić information content (AvgIpc) is 2.94. The number of nitrogen functional groups attached to an aromatic ring is 1. The van der Waals surface area contributed by atoms with Gasteiger partial charge >= 0.3 is 5.69 Å². The lowest BCUT2D eigenvalue weighted by Gasteiger charge is -2.21. The van der Waals surface area contributed by atoms with Crippen LogP contribution in [0.25, 0.3) is 0 Å². The lowest BCUT2D eigenvalue weighted by Crippen LogP contribution is -2.32. The normalized spacial score (nSPS) is 22.7. The molecule has 1 saturated heterocycles. The summed E-state index contributed by atoms with van der Waals surface area (Å²) in [5.74, 6) is 5.62. The quantitative estimate of drug-likeness (QED) is 0.712. The number of hydrogen-bond acceptors (Lipinski definition) is 7. The van der Waals surface area contributed by atoms with Gasteiger partial charge in [-0.05, 0) is 27.7 Å². The van der Waals surface area contributed by atoms with E-state index in [2.05, 4.69) is 16.8 Å². The first-order valence-corrected chi connectivity index (χ1v) is 8.82. The summed E-state index contributed by atoms with van der Waals surface area (Å²) in [5, 5.41) is 0. The molecule has 144 valence electrons. The molecule has 2 rings (SSSR count). The van der Waals surface area contributed by atoms with E-state index >= 15 is 0 Å². The van der Waals surface area contributed by atoms with Crippen molar-refractivity contribution in [1.29, 1.82) is 0 Å². The predicted octanol–water partition coefficient (Wildman–Crippen LogP) is 0.642. The van der Waals surface area contributed by atoms with Crippen LogP contribution in [0.3, 0.4) is 0 Å². The zero-order valence-corrected chi connectivity index (χ0v) is 15.8. The minimum atomic E-state index is -0.515. The fourth-order valence-corrected chi connectivity index (χ4v) is 2.73. The molecule has 26 heavy (non-hydrogen) atoms. The summed E-state index contributed by atoms with van der Waals surface area (Å²) in [4.78, 5) is 16.1. The van der Waals surface area contributed by atoms with Crippen molar-refractivity contribution < 1.29 is 14.2 Å². The van der Waals surface area contributed by atoms with E-state index < -0.39 is 11.9 Å². The van der Waals surface area contributed by atoms with E-state index in [0.717, 1.165) is 0 Å². The monoisotopic (exact) mass is 364 g/mol. The second-order valence-electron chi connectivity index (χ2n) is 6.71. The van der Waals surface area contributed by atoms with Crippen LogP contribution in [0, 0.1) is 11.8 Å². The first-order valence-electron chi connectivity index (χ1n) is 8.82. The van der Waals surface area contributed by atoms with E-state index in [9.17, 15) is 4.79 Å². The number of ether oxygens (including phenoxy) is 3. The van der Waals surface area contributed by atoms with E-state index in [1.807, 2.05) is 27.7 Å². The fourth-order valence-electron chi connectivity index (χ4n) is 2.73. The molecule has 0 spiro atoms. The Hall–Kier alpha value is -1.92. The van der Waals surface area contributed by atoms with Gasteiger partial charge < -0.3 is 25.7 Å². The van der Waals surface area contributed by atoms with E-state index in [0.29, 0.717) is 18.6 Å². The van der Waals surface area contributed by atoms with E-state index in [1.165, 1.54) is 4.57 Å². The Kier molecular flexibility index (Phi) is 7.17. The average molecular weight is 364 g/mol. The Labute approximate surface area is 153 Å². The third-order valence-electron chi connectivity index (χ3n) is 3.84. The van der Waals surface area contributed by atoms with Gasteiger partial charge in [-0.25, -0.2) is 4.79 Å². The van der Waals surface area contributed by atoms with Crippen molar-refractivity contribution in [3.8, 4) is 11.8 Å². The van der Waals surface area contributed by atoms with Gasteiger partial charge in [0, 0.05) is 12.6 Å². The molecular formula is C18H28N4O4. The summed E-state index contributed by atoms with van der Waals surface area (Å²) < 4.78 is 19.1. The first-order chi connectivity index (χ1) is 12.3. The van der Waals surface area contributed by atoms with Gasteiger partial charge in [-0.3, -0.25) is 4.57 Å². The molecule has 0 saturated carbocycles. The Morgan fingerprint density at radius 1 is 1.38 bits per heavy atom. The van der Waals surface area contributed by atoms with Crippen molar-refractivity contribution in [3.05, 3.63) is 22.2 Å². The smallest absolute Gasteiger partial charge is 0.351 e. The molecular weight excluding hydrogens is 336 g/mol. The first kappa shape index (κ1) is 20.4. The SMILES string of the molecule is CC(C)OCC1OC(n2cc(C#CCN)c(N)nc2=O)CC1OC(C)C. The van der Waals surface area contributed by atoms with Gasteiger partial charge in [0.1, 0.15) is 18.1 Å². The summed E-state index contributed by atoms with van der Waals surface area (Å²) in [6.07, 6.45) is 1.23. The highest BCUT2D eigenvalue weighted by atomic mass is 16.6. The highest BCUT2D eigenvalue weighted by molar-refractivity contribution is 5.49. The zero-order valence-electron chi connectivity index (χ0n) is 15.8. The van der Waals surface area contributed by atoms with Gasteiger partial charge in [-0.2, -0.15) is 4.98 Å². The maximum absolute atomic E-state index is 12.3. The van der Waals surface area contributed by atoms with E-state index in [1.54, 1.807) is 6.20 Å². The van der Waals surface area contributed by atoms with E-state index in [-0.39, 0.29) is 36.8 Å². The van der Waals surface area contributed by atoms with Crippen molar-refractivity contribution in [2.24, 2.45) is 5.73 Å². The Balaban J connectivity index is 2.26. The number of rotatable bonds is 6. The number of aromatic nitrogens is 2. The molecule has 1 aromatic heterocycles. The number of nitrogens with two attached hydrogens (primary N) is 2. The lowest BCUT2D eigenvalue weighted by atomic mass is 10.1. The lowest BCUT2D eigenvalue weighted by molar-refractivity contribution is -0.0963. The van der Waals surface area contributed by atoms with Gasteiger partial charge in [0.2, 0.25) is 0 Å². The zero-order chi connectivity index (χ0) is 19.3. The van der Waals surface area contributed by atoms with Crippen molar-refractivity contribution in [3.63, 3.8) is 0 Å². The Morgan fingerprint density at radius 2 is 2.12 bits per heavy atom. The second kappa shape index (κ2) is 9.14. The third-order valence-corrected chi connectivity index (χ3v) is 3.84. The molecule has 8 nitrogen and oxygen atoms in total. The van der Waals surface area contributed by atoms with Crippen molar-refractivity contribution in [1.82, 2.24) is 9.55 Å². The molecule has 3 unspecified atom stereocenters. The molecule has 8 heteroatoms. The second-order valence-corrected chi connectivity index (χ2v) is 6.71. The van der Waals surface area contributed by atoms with Gasteiger partial charge in [0.15, 0.2) is 0 Å². The highest BCUT2D eigenvalue weighted by Crippen LogP contribution is 2.31. The van der Waals surface area contributed by atoms with Gasteiger partial charge in [-0.15, -0.1) is 0 Å².